The summed E-state index contributed by atoms with van der Waals surface area (Å²) in [5.41, 5.74) is 5.93. The van der Waals surface area contributed by atoms with Crippen molar-refractivity contribution in [2.24, 2.45) is 11.3 Å². The molecule has 1 aromatic carbocycles. The van der Waals surface area contributed by atoms with Gasteiger partial charge < -0.3 is 26.5 Å². The average Bonchev–Trinajstić information content (AvgIpc) is 2.81. The van der Waals surface area contributed by atoms with Crippen LogP contribution in [0.25, 0.3) is 0 Å². The smallest absolute Gasteiger partial charge is 0.317 e. The van der Waals surface area contributed by atoms with Crippen molar-refractivity contribution in [3.63, 3.8) is 0 Å². The lowest BCUT2D eigenvalue weighted by molar-refractivity contribution is -0.0149. The molecule has 1 aliphatic heterocycles. The number of nitrogens with zero attached hydrogens (tertiary/aromatic N) is 1. The van der Waals surface area contributed by atoms with Crippen molar-refractivity contribution in [3.8, 4) is 0 Å². The number of aliphatic hydroxyl groups is 1. The first-order valence-electron chi connectivity index (χ1n) is 12.1. The van der Waals surface area contributed by atoms with E-state index in [0.29, 0.717) is 67.0 Å². The predicted octanol–water partition coefficient (Wildman–Crippen LogP) is 5.63. The van der Waals surface area contributed by atoms with Gasteiger partial charge in [-0.3, -0.25) is 0 Å². The van der Waals surface area contributed by atoms with E-state index in [2.05, 4.69) is 11.9 Å². The van der Waals surface area contributed by atoms with E-state index in [1.165, 1.54) is 0 Å². The number of nitrogen functional groups attached to an aromatic ring is 1. The van der Waals surface area contributed by atoms with Crippen LogP contribution in [0.15, 0.2) is 24.8 Å². The number of urea groups is 1. The average molecular weight is 493 g/mol. The molecule has 0 aromatic heterocycles. The van der Waals surface area contributed by atoms with E-state index in [-0.39, 0.29) is 18.0 Å². The zero-order valence-corrected chi connectivity index (χ0v) is 21.0. The number of hydrogen-bond donors (Lipinski definition) is 4. The molecular weight excluding hydrogens is 455 g/mol. The van der Waals surface area contributed by atoms with Gasteiger partial charge in [-0.25, -0.2) is 9.18 Å². The first-order chi connectivity index (χ1) is 16.0. The number of carbonyl (C=O) groups excluding carboxylic acids is 1. The minimum absolute atomic E-state index is 0.00557. The summed E-state index contributed by atoms with van der Waals surface area (Å²) in [7, 11) is 0. The largest absolute Gasteiger partial charge is 0.398 e. The number of rotatable bonds is 7. The van der Waals surface area contributed by atoms with Crippen LogP contribution in [0.5, 0.6) is 0 Å². The highest BCUT2D eigenvalue weighted by Gasteiger charge is 2.41. The quantitative estimate of drug-likeness (QED) is 0.225. The summed E-state index contributed by atoms with van der Waals surface area (Å²) < 4.78 is 14.6. The maximum atomic E-state index is 14.6. The van der Waals surface area contributed by atoms with Gasteiger partial charge in [0.15, 0.2) is 0 Å². The molecule has 1 atom stereocenters. The monoisotopic (exact) mass is 492 g/mol. The van der Waals surface area contributed by atoms with Crippen LogP contribution in [0.1, 0.15) is 76.0 Å². The van der Waals surface area contributed by atoms with Crippen molar-refractivity contribution in [2.45, 2.75) is 76.6 Å². The SMILES string of the molecule is C=CCC1(F)CCC(NC(=O)N2CCC(C(C)(C)[C@H](O)c3cc(Cl)cc(C=N)c3N)CC2)CC1. The van der Waals surface area contributed by atoms with Gasteiger partial charge in [0.05, 0.1) is 6.10 Å². The number of halogens is 2. The number of benzene rings is 1. The summed E-state index contributed by atoms with van der Waals surface area (Å²) in [6, 6.07) is 3.20. The molecule has 0 unspecified atom stereocenters. The van der Waals surface area contributed by atoms with Gasteiger partial charge in [-0.05, 0) is 68.4 Å². The number of piperidine rings is 1. The molecule has 5 N–H and O–H groups in total. The molecule has 1 saturated heterocycles. The molecule has 3 rings (SSSR count). The Hall–Kier alpha value is -2.12. The van der Waals surface area contributed by atoms with Crippen LogP contribution in [0.4, 0.5) is 14.9 Å². The zero-order valence-electron chi connectivity index (χ0n) is 20.2. The molecule has 2 aliphatic rings. The fraction of sp³-hybridized carbons (Fsp3) is 0.615. The van der Waals surface area contributed by atoms with Crippen molar-refractivity contribution in [1.82, 2.24) is 10.2 Å². The number of hydrogen-bond acceptors (Lipinski definition) is 4. The molecule has 1 heterocycles. The molecule has 34 heavy (non-hydrogen) atoms. The fourth-order valence-corrected chi connectivity index (χ4v) is 5.70. The van der Waals surface area contributed by atoms with Gasteiger partial charge in [-0.2, -0.15) is 0 Å². The van der Waals surface area contributed by atoms with Crippen molar-refractivity contribution in [2.75, 3.05) is 18.8 Å². The van der Waals surface area contributed by atoms with Crippen LogP contribution in [-0.4, -0.2) is 47.1 Å². The number of alkyl halides is 1. The minimum Gasteiger partial charge on any atom is -0.398 e. The van der Waals surface area contributed by atoms with E-state index in [1.807, 2.05) is 18.7 Å². The molecule has 0 bridgehead atoms. The highest BCUT2D eigenvalue weighted by Crippen LogP contribution is 2.46. The first kappa shape index (κ1) is 26.5. The molecule has 6 nitrogen and oxygen atoms in total. The van der Waals surface area contributed by atoms with Crippen LogP contribution < -0.4 is 11.1 Å². The molecule has 1 aliphatic carbocycles. The number of carbonyl (C=O) groups is 1. The third-order valence-corrected chi connectivity index (χ3v) is 8.14. The second kappa shape index (κ2) is 10.6. The maximum Gasteiger partial charge on any atom is 0.317 e. The Kier molecular flexibility index (Phi) is 8.30. The third kappa shape index (κ3) is 5.74. The van der Waals surface area contributed by atoms with E-state index < -0.39 is 17.2 Å². The number of anilines is 1. The summed E-state index contributed by atoms with van der Waals surface area (Å²) in [4.78, 5) is 14.6. The van der Waals surface area contributed by atoms with Gasteiger partial charge in [0, 0.05) is 47.2 Å². The number of nitrogens with two attached hydrogens (primary N) is 1. The van der Waals surface area contributed by atoms with Crippen LogP contribution in [-0.2, 0) is 0 Å². The maximum absolute atomic E-state index is 14.6. The molecule has 188 valence electrons. The number of amides is 2. The Balaban J connectivity index is 1.56. The second-order valence-electron chi connectivity index (χ2n) is 10.5. The van der Waals surface area contributed by atoms with Gasteiger partial charge in [0.1, 0.15) is 5.67 Å². The van der Waals surface area contributed by atoms with Gasteiger partial charge in [-0.1, -0.05) is 31.5 Å². The fourth-order valence-electron chi connectivity index (χ4n) is 5.47. The minimum atomic E-state index is -1.18. The van der Waals surface area contributed by atoms with Crippen molar-refractivity contribution < 1.29 is 14.3 Å². The summed E-state index contributed by atoms with van der Waals surface area (Å²) in [5, 5.41) is 22.3. The number of likely N-dealkylation sites (tertiary alicyclic amines) is 1. The Morgan fingerprint density at radius 2 is 2.00 bits per heavy atom. The highest BCUT2D eigenvalue weighted by molar-refractivity contribution is 6.31. The van der Waals surface area contributed by atoms with Crippen LogP contribution in [0.2, 0.25) is 5.02 Å². The first-order valence-corrected chi connectivity index (χ1v) is 12.5. The van der Waals surface area contributed by atoms with Gasteiger partial charge >= 0.3 is 6.03 Å². The normalized spacial score (nSPS) is 25.0. The summed E-state index contributed by atoms with van der Waals surface area (Å²) >= 11 is 6.20. The van der Waals surface area contributed by atoms with Gasteiger partial charge in [0.2, 0.25) is 0 Å². The summed E-state index contributed by atoms with van der Waals surface area (Å²) in [5.74, 6) is 0.175. The van der Waals surface area contributed by atoms with E-state index in [4.69, 9.17) is 22.7 Å². The lowest BCUT2D eigenvalue weighted by Crippen LogP contribution is -2.51. The summed E-state index contributed by atoms with van der Waals surface area (Å²) in [6.45, 7) is 8.86. The van der Waals surface area contributed by atoms with E-state index in [9.17, 15) is 14.3 Å². The van der Waals surface area contributed by atoms with E-state index in [1.54, 1.807) is 18.2 Å². The molecule has 0 radical (unpaired) electrons. The third-order valence-electron chi connectivity index (χ3n) is 7.92. The standard InChI is InChI=1S/C26H38ClFN4O2/c1-4-9-26(28)10-5-20(6-11-26)31-24(34)32-12-7-18(8-13-32)25(2,3)23(33)21-15-19(27)14-17(16-29)22(21)30/h4,14-16,18,20,23,29,33H,1,5-13,30H2,2-3H3,(H,31,34)/t20?,23-,26?/m1/s1. The number of nitrogens with one attached hydrogen (secondary N) is 2. The molecular formula is C26H38ClFN4O2. The second-order valence-corrected chi connectivity index (χ2v) is 10.9. The Morgan fingerprint density at radius 3 is 2.56 bits per heavy atom. The highest BCUT2D eigenvalue weighted by atomic mass is 35.5. The lowest BCUT2D eigenvalue weighted by Gasteiger charge is -2.44. The van der Waals surface area contributed by atoms with Crippen molar-refractivity contribution >= 4 is 29.5 Å². The number of allylic oxidation sites excluding steroid dienone is 1. The van der Waals surface area contributed by atoms with E-state index >= 15 is 0 Å². The Bertz CT molecular complexity index is 906. The lowest BCUT2D eigenvalue weighted by atomic mass is 9.68. The van der Waals surface area contributed by atoms with Gasteiger partial charge in [-0.15, -0.1) is 6.58 Å². The molecule has 1 saturated carbocycles. The molecule has 2 fully saturated rings. The Morgan fingerprint density at radius 1 is 1.38 bits per heavy atom. The van der Waals surface area contributed by atoms with Crippen LogP contribution in [0, 0.1) is 16.7 Å². The molecule has 2 amide bonds. The summed E-state index contributed by atoms with van der Waals surface area (Å²) in [6.07, 6.45) is 5.99. The van der Waals surface area contributed by atoms with E-state index in [0.717, 1.165) is 19.1 Å². The number of aliphatic hydroxyl groups excluding tert-OH is 1. The van der Waals surface area contributed by atoms with Crippen LogP contribution in [0.3, 0.4) is 0 Å². The molecule has 0 spiro atoms. The van der Waals surface area contributed by atoms with Crippen LogP contribution >= 0.6 is 11.6 Å². The zero-order chi connectivity index (χ0) is 25.1. The van der Waals surface area contributed by atoms with Gasteiger partial charge in [0.25, 0.3) is 0 Å². The van der Waals surface area contributed by atoms with Crippen molar-refractivity contribution in [1.29, 1.82) is 5.41 Å². The molecule has 8 heteroatoms. The Labute approximate surface area is 207 Å². The topological polar surface area (TPSA) is 102 Å². The van der Waals surface area contributed by atoms with Crippen molar-refractivity contribution in [3.05, 3.63) is 40.9 Å². The molecule has 1 aromatic rings. The predicted molar refractivity (Wildman–Crippen MR) is 136 cm³/mol.